The van der Waals surface area contributed by atoms with Gasteiger partial charge in [-0.3, -0.25) is 4.99 Å². The van der Waals surface area contributed by atoms with Crippen LogP contribution in [0.5, 0.6) is 17.2 Å². The second-order valence-corrected chi connectivity index (χ2v) is 4.04. The molecular weight excluding hydrogens is 287 g/mol. The first-order chi connectivity index (χ1) is 9.83. The van der Waals surface area contributed by atoms with Gasteiger partial charge in [-0.05, 0) is 36.4 Å². The van der Waals surface area contributed by atoms with E-state index in [0.29, 0.717) is 11.3 Å². The first kappa shape index (κ1) is 14.7. The smallest absolute Gasteiger partial charge is 0.508 e. The van der Waals surface area contributed by atoms with Crippen molar-refractivity contribution in [1.82, 2.24) is 0 Å². The highest BCUT2D eigenvalue weighted by atomic mass is 19.4. The van der Waals surface area contributed by atoms with Gasteiger partial charge in [0.1, 0.15) is 17.2 Å². The van der Waals surface area contributed by atoms with Gasteiger partial charge in [0.2, 0.25) is 0 Å². The van der Waals surface area contributed by atoms with Crippen LogP contribution in [0.1, 0.15) is 5.56 Å². The van der Waals surface area contributed by atoms with E-state index in [9.17, 15) is 18.3 Å². The van der Waals surface area contributed by atoms with Gasteiger partial charge in [0.05, 0.1) is 5.69 Å². The number of aromatic hydroxyl groups is 2. The lowest BCUT2D eigenvalue weighted by molar-refractivity contribution is -0.274. The molecule has 0 amide bonds. The Morgan fingerprint density at radius 2 is 1.67 bits per heavy atom. The zero-order chi connectivity index (χ0) is 15.5. The van der Waals surface area contributed by atoms with Gasteiger partial charge in [0.25, 0.3) is 0 Å². The number of rotatable bonds is 3. The number of aliphatic imine (C=N–C) groups is 1. The molecule has 110 valence electrons. The molecule has 2 rings (SSSR count). The van der Waals surface area contributed by atoms with Crippen molar-refractivity contribution in [1.29, 1.82) is 0 Å². The van der Waals surface area contributed by atoms with Gasteiger partial charge in [-0.2, -0.15) is 0 Å². The first-order valence-corrected chi connectivity index (χ1v) is 5.75. The van der Waals surface area contributed by atoms with E-state index in [1.54, 1.807) is 0 Å². The van der Waals surface area contributed by atoms with E-state index in [2.05, 4.69) is 9.73 Å². The monoisotopic (exact) mass is 297 g/mol. The number of halogens is 3. The van der Waals surface area contributed by atoms with Crippen molar-refractivity contribution in [2.75, 3.05) is 0 Å². The molecule has 0 fully saturated rings. The molecule has 0 heterocycles. The van der Waals surface area contributed by atoms with Gasteiger partial charge in [-0.15, -0.1) is 13.2 Å². The SMILES string of the molecule is Oc1ccc(C=Nc2ccc(OC(F)(F)F)cc2)c(O)c1. The highest BCUT2D eigenvalue weighted by Crippen LogP contribution is 2.25. The summed E-state index contributed by atoms with van der Waals surface area (Å²) in [5, 5.41) is 18.7. The molecular formula is C14H10F3NO3. The Bertz CT molecular complexity index is 652. The lowest BCUT2D eigenvalue weighted by Gasteiger charge is -2.08. The quantitative estimate of drug-likeness (QED) is 0.848. The van der Waals surface area contributed by atoms with E-state index in [4.69, 9.17) is 5.11 Å². The molecule has 0 radical (unpaired) electrons. The van der Waals surface area contributed by atoms with Crippen LogP contribution in [0, 0.1) is 0 Å². The molecule has 0 spiro atoms. The number of phenols is 2. The lowest BCUT2D eigenvalue weighted by Crippen LogP contribution is -2.16. The predicted molar refractivity (Wildman–Crippen MR) is 70.2 cm³/mol. The number of benzene rings is 2. The Labute approximate surface area is 117 Å². The predicted octanol–water partition coefficient (Wildman–Crippen LogP) is 3.75. The molecule has 2 aromatic carbocycles. The lowest BCUT2D eigenvalue weighted by atomic mass is 10.2. The van der Waals surface area contributed by atoms with Crippen molar-refractivity contribution < 1.29 is 28.1 Å². The Balaban J connectivity index is 2.11. The molecule has 0 saturated carbocycles. The van der Waals surface area contributed by atoms with Gasteiger partial charge in [-0.1, -0.05) is 0 Å². The molecule has 0 atom stereocenters. The van der Waals surface area contributed by atoms with Crippen LogP contribution in [0.15, 0.2) is 47.5 Å². The molecule has 7 heteroatoms. The maximum absolute atomic E-state index is 12.0. The van der Waals surface area contributed by atoms with Crippen LogP contribution in [0.3, 0.4) is 0 Å². The molecule has 2 aromatic rings. The summed E-state index contributed by atoms with van der Waals surface area (Å²) in [6.45, 7) is 0. The fraction of sp³-hybridized carbons (Fsp3) is 0.0714. The molecule has 4 nitrogen and oxygen atoms in total. The minimum atomic E-state index is -4.73. The van der Waals surface area contributed by atoms with Gasteiger partial charge >= 0.3 is 6.36 Å². The highest BCUT2D eigenvalue weighted by molar-refractivity contribution is 5.85. The fourth-order valence-corrected chi connectivity index (χ4v) is 1.52. The second kappa shape index (κ2) is 5.74. The summed E-state index contributed by atoms with van der Waals surface area (Å²) in [7, 11) is 0. The van der Waals surface area contributed by atoms with Crippen LogP contribution < -0.4 is 4.74 Å². The molecule has 0 unspecified atom stereocenters. The number of hydrogen-bond donors (Lipinski definition) is 2. The molecule has 0 bridgehead atoms. The zero-order valence-corrected chi connectivity index (χ0v) is 10.5. The van der Waals surface area contributed by atoms with Gasteiger partial charge in [0.15, 0.2) is 0 Å². The number of ether oxygens (including phenoxy) is 1. The van der Waals surface area contributed by atoms with Crippen LogP contribution in [0.25, 0.3) is 0 Å². The van der Waals surface area contributed by atoms with E-state index in [0.717, 1.165) is 18.2 Å². The fourth-order valence-electron chi connectivity index (χ4n) is 1.52. The summed E-state index contributed by atoms with van der Waals surface area (Å²) in [5.41, 5.74) is 0.750. The average Bonchev–Trinajstić information content (AvgIpc) is 2.38. The van der Waals surface area contributed by atoms with Crippen LogP contribution in [-0.2, 0) is 0 Å². The average molecular weight is 297 g/mol. The second-order valence-electron chi connectivity index (χ2n) is 4.04. The summed E-state index contributed by atoms with van der Waals surface area (Å²) >= 11 is 0. The maximum atomic E-state index is 12.0. The summed E-state index contributed by atoms with van der Waals surface area (Å²) < 4.78 is 39.7. The number of alkyl halides is 3. The van der Waals surface area contributed by atoms with Crippen LogP contribution in [0.4, 0.5) is 18.9 Å². The third-order valence-electron chi connectivity index (χ3n) is 2.44. The first-order valence-electron chi connectivity index (χ1n) is 5.75. The van der Waals surface area contributed by atoms with Crippen LogP contribution in [-0.4, -0.2) is 22.8 Å². The number of hydrogen-bond acceptors (Lipinski definition) is 4. The third kappa shape index (κ3) is 4.41. The summed E-state index contributed by atoms with van der Waals surface area (Å²) in [6.07, 6.45) is -3.41. The topological polar surface area (TPSA) is 62.1 Å². The largest absolute Gasteiger partial charge is 0.573 e. The standard InChI is InChI=1S/C14H10F3NO3/c15-14(16,17)21-12-5-2-10(3-6-12)18-8-9-1-4-11(19)7-13(9)20/h1-8,19-20H. The highest BCUT2D eigenvalue weighted by Gasteiger charge is 2.30. The van der Waals surface area contributed by atoms with Gasteiger partial charge < -0.3 is 14.9 Å². The van der Waals surface area contributed by atoms with E-state index in [1.807, 2.05) is 0 Å². The Morgan fingerprint density at radius 3 is 2.24 bits per heavy atom. The Kier molecular flexibility index (Phi) is 4.02. The van der Waals surface area contributed by atoms with Crippen molar-refractivity contribution >= 4 is 11.9 Å². The molecule has 0 aliphatic carbocycles. The minimum absolute atomic E-state index is 0.0849. The van der Waals surface area contributed by atoms with Gasteiger partial charge in [-0.25, -0.2) is 0 Å². The van der Waals surface area contributed by atoms with E-state index in [-0.39, 0.29) is 17.2 Å². The molecule has 2 N–H and O–H groups in total. The number of phenolic OH excluding ortho intramolecular Hbond substituents is 2. The summed E-state index contributed by atoms with van der Waals surface area (Å²) in [4.78, 5) is 4.00. The molecule has 0 aromatic heterocycles. The summed E-state index contributed by atoms with van der Waals surface area (Å²) in [5.74, 6) is -0.581. The van der Waals surface area contributed by atoms with Crippen molar-refractivity contribution in [3.8, 4) is 17.2 Å². The normalized spacial score (nSPS) is 11.8. The van der Waals surface area contributed by atoms with E-state index < -0.39 is 6.36 Å². The summed E-state index contributed by atoms with van der Waals surface area (Å²) in [6, 6.07) is 8.94. The Hall–Kier alpha value is -2.70. The number of nitrogens with zero attached hydrogens (tertiary/aromatic N) is 1. The third-order valence-corrected chi connectivity index (χ3v) is 2.44. The van der Waals surface area contributed by atoms with Crippen LogP contribution in [0.2, 0.25) is 0 Å². The van der Waals surface area contributed by atoms with Gasteiger partial charge in [0, 0.05) is 17.8 Å². The van der Waals surface area contributed by atoms with Crippen molar-refractivity contribution in [3.63, 3.8) is 0 Å². The van der Waals surface area contributed by atoms with Crippen molar-refractivity contribution in [3.05, 3.63) is 48.0 Å². The van der Waals surface area contributed by atoms with E-state index >= 15 is 0 Å². The molecule has 0 aliphatic rings. The molecule has 0 aliphatic heterocycles. The van der Waals surface area contributed by atoms with Crippen molar-refractivity contribution in [2.45, 2.75) is 6.36 Å². The van der Waals surface area contributed by atoms with Crippen molar-refractivity contribution in [2.24, 2.45) is 4.99 Å². The molecule has 21 heavy (non-hydrogen) atoms. The minimum Gasteiger partial charge on any atom is -0.508 e. The van der Waals surface area contributed by atoms with Crippen LogP contribution >= 0.6 is 0 Å². The molecule has 0 saturated heterocycles. The maximum Gasteiger partial charge on any atom is 0.573 e. The van der Waals surface area contributed by atoms with E-state index in [1.165, 1.54) is 30.5 Å². The zero-order valence-electron chi connectivity index (χ0n) is 10.5. The Morgan fingerprint density at radius 1 is 1.00 bits per heavy atom.